The lowest BCUT2D eigenvalue weighted by atomic mass is 9.95. The van der Waals surface area contributed by atoms with Crippen molar-refractivity contribution in [2.45, 2.75) is 44.0 Å². The molecule has 0 radical (unpaired) electrons. The molecule has 0 bridgehead atoms. The maximum absolute atomic E-state index is 11.1. The van der Waals surface area contributed by atoms with Crippen LogP contribution in [0.25, 0.3) is 0 Å². The van der Waals surface area contributed by atoms with E-state index in [0.29, 0.717) is 6.04 Å². The minimum Gasteiger partial charge on any atom is -0.314 e. The van der Waals surface area contributed by atoms with Crippen LogP contribution in [-0.2, 0) is 10.0 Å². The molecule has 2 atom stereocenters. The summed E-state index contributed by atoms with van der Waals surface area (Å²) in [5, 5.41) is 8.43. The Morgan fingerprint density at radius 3 is 2.44 bits per heavy atom. The van der Waals surface area contributed by atoms with Gasteiger partial charge in [0.15, 0.2) is 0 Å². The molecular formula is C12H21N3O2S. The van der Waals surface area contributed by atoms with Gasteiger partial charge in [-0.3, -0.25) is 4.98 Å². The van der Waals surface area contributed by atoms with Gasteiger partial charge in [-0.25, -0.2) is 13.6 Å². The second kappa shape index (κ2) is 6.26. The van der Waals surface area contributed by atoms with Gasteiger partial charge in [0.25, 0.3) is 0 Å². The van der Waals surface area contributed by atoms with E-state index in [0.717, 1.165) is 18.7 Å². The molecule has 18 heavy (non-hydrogen) atoms. The maximum Gasteiger partial charge on any atom is 0.239 e. The van der Waals surface area contributed by atoms with Crippen LogP contribution in [0.3, 0.4) is 0 Å². The van der Waals surface area contributed by atoms with Crippen molar-refractivity contribution in [2.75, 3.05) is 6.54 Å². The van der Waals surface area contributed by atoms with Gasteiger partial charge in [0, 0.05) is 23.9 Å². The Balaban J connectivity index is 2.91. The monoisotopic (exact) mass is 271 g/mol. The van der Waals surface area contributed by atoms with E-state index >= 15 is 0 Å². The molecule has 1 aromatic rings. The van der Waals surface area contributed by atoms with Crippen LogP contribution in [0.4, 0.5) is 0 Å². The summed E-state index contributed by atoms with van der Waals surface area (Å²) < 4.78 is 22.3. The van der Waals surface area contributed by atoms with Crippen molar-refractivity contribution in [1.29, 1.82) is 0 Å². The Morgan fingerprint density at radius 2 is 2.06 bits per heavy atom. The molecule has 0 spiro atoms. The van der Waals surface area contributed by atoms with Crippen molar-refractivity contribution < 1.29 is 8.42 Å². The van der Waals surface area contributed by atoms with Crippen molar-refractivity contribution in [3.05, 3.63) is 24.0 Å². The fourth-order valence-electron chi connectivity index (χ4n) is 1.97. The maximum atomic E-state index is 11.1. The van der Waals surface area contributed by atoms with Gasteiger partial charge < -0.3 is 5.32 Å². The van der Waals surface area contributed by atoms with Gasteiger partial charge in [0.05, 0.1) is 0 Å². The van der Waals surface area contributed by atoms with Gasteiger partial charge in [-0.05, 0) is 25.1 Å². The summed E-state index contributed by atoms with van der Waals surface area (Å²) in [4.78, 5) is 4.25. The zero-order valence-electron chi connectivity index (χ0n) is 11.1. The molecule has 2 unspecified atom stereocenters. The van der Waals surface area contributed by atoms with Gasteiger partial charge in [-0.1, -0.05) is 20.8 Å². The van der Waals surface area contributed by atoms with Gasteiger partial charge in [0.2, 0.25) is 10.0 Å². The first kappa shape index (κ1) is 15.1. The molecule has 1 rings (SSSR count). The number of rotatable bonds is 6. The van der Waals surface area contributed by atoms with Crippen molar-refractivity contribution >= 4 is 10.0 Å². The van der Waals surface area contributed by atoms with Crippen LogP contribution >= 0.6 is 0 Å². The third-order valence-corrected chi connectivity index (χ3v) is 3.96. The molecule has 5 nitrogen and oxygen atoms in total. The molecule has 1 aromatic heterocycles. The Bertz CT molecular complexity index is 471. The first-order chi connectivity index (χ1) is 8.40. The number of pyridine rings is 1. The fraction of sp³-hybridized carbons (Fsp3) is 0.583. The highest BCUT2D eigenvalue weighted by Crippen LogP contribution is 2.20. The smallest absolute Gasteiger partial charge is 0.239 e. The predicted molar refractivity (Wildman–Crippen MR) is 71.8 cm³/mol. The number of nitrogens with zero attached hydrogens (tertiary/aromatic N) is 1. The summed E-state index contributed by atoms with van der Waals surface area (Å²) in [6.45, 7) is 7.16. The first-order valence-electron chi connectivity index (χ1n) is 6.12. The zero-order valence-corrected chi connectivity index (χ0v) is 11.9. The van der Waals surface area contributed by atoms with Gasteiger partial charge in [-0.2, -0.15) is 0 Å². The SMILES string of the molecule is CCNC(CC)C(C)c1ccc(S(N)(=O)=O)cn1. The molecule has 6 heteroatoms. The minimum absolute atomic E-state index is 0.0509. The Labute approximate surface area is 109 Å². The van der Waals surface area contributed by atoms with E-state index in [4.69, 9.17) is 5.14 Å². The van der Waals surface area contributed by atoms with E-state index in [-0.39, 0.29) is 10.8 Å². The fourth-order valence-corrected chi connectivity index (χ4v) is 2.43. The van der Waals surface area contributed by atoms with Crippen LogP contribution in [0, 0.1) is 0 Å². The van der Waals surface area contributed by atoms with Crippen LogP contribution in [0.1, 0.15) is 38.8 Å². The van der Waals surface area contributed by atoms with Crippen molar-refractivity contribution in [1.82, 2.24) is 10.3 Å². The molecule has 102 valence electrons. The molecule has 0 amide bonds. The third-order valence-electron chi connectivity index (χ3n) is 3.06. The Hall–Kier alpha value is -0.980. The summed E-state index contributed by atoms with van der Waals surface area (Å²) >= 11 is 0. The van der Waals surface area contributed by atoms with E-state index < -0.39 is 10.0 Å². The van der Waals surface area contributed by atoms with Crippen molar-refractivity contribution in [3.8, 4) is 0 Å². The molecule has 3 N–H and O–H groups in total. The highest BCUT2D eigenvalue weighted by molar-refractivity contribution is 7.89. The standard InChI is InChI=1S/C12H21N3O2S/c1-4-11(14-5-2)9(3)12-7-6-10(8-15-12)18(13,16)17/h6-9,11,14H,4-5H2,1-3H3,(H2,13,16,17). The number of nitrogens with two attached hydrogens (primary N) is 1. The molecule has 0 aliphatic carbocycles. The van der Waals surface area contributed by atoms with Crippen LogP contribution in [0.2, 0.25) is 0 Å². The number of likely N-dealkylation sites (N-methyl/N-ethyl adjacent to an activating group) is 1. The summed E-state index contributed by atoms with van der Waals surface area (Å²) in [7, 11) is -3.66. The first-order valence-corrected chi connectivity index (χ1v) is 7.66. The summed E-state index contributed by atoms with van der Waals surface area (Å²) in [5.74, 6) is 0.226. The lowest BCUT2D eigenvalue weighted by Crippen LogP contribution is -2.33. The lowest BCUT2D eigenvalue weighted by molar-refractivity contribution is 0.442. The normalized spacial score (nSPS) is 15.3. The molecule has 0 saturated heterocycles. The van der Waals surface area contributed by atoms with Crippen LogP contribution in [-0.4, -0.2) is 26.0 Å². The van der Waals surface area contributed by atoms with Crippen LogP contribution in [0.5, 0.6) is 0 Å². The molecule has 0 fully saturated rings. The second-order valence-corrected chi connectivity index (χ2v) is 5.89. The molecule has 0 aromatic carbocycles. The van der Waals surface area contributed by atoms with Gasteiger partial charge in [0.1, 0.15) is 4.90 Å². The number of aromatic nitrogens is 1. The Morgan fingerprint density at radius 1 is 1.39 bits per heavy atom. The largest absolute Gasteiger partial charge is 0.314 e. The highest BCUT2D eigenvalue weighted by Gasteiger charge is 2.18. The second-order valence-electron chi connectivity index (χ2n) is 4.32. The molecule has 0 aliphatic rings. The van der Waals surface area contributed by atoms with E-state index in [9.17, 15) is 8.42 Å². The van der Waals surface area contributed by atoms with Crippen molar-refractivity contribution in [3.63, 3.8) is 0 Å². The van der Waals surface area contributed by atoms with Crippen molar-refractivity contribution in [2.24, 2.45) is 5.14 Å². The van der Waals surface area contributed by atoms with E-state index in [1.165, 1.54) is 12.3 Å². The average molecular weight is 271 g/mol. The topological polar surface area (TPSA) is 85.1 Å². The molecule has 0 aliphatic heterocycles. The number of primary sulfonamides is 1. The summed E-state index contributed by atoms with van der Waals surface area (Å²) in [6, 6.07) is 3.57. The zero-order chi connectivity index (χ0) is 13.8. The lowest BCUT2D eigenvalue weighted by Gasteiger charge is -2.23. The molecule has 1 heterocycles. The number of hydrogen-bond donors (Lipinski definition) is 2. The van der Waals surface area contributed by atoms with E-state index in [1.54, 1.807) is 6.07 Å². The van der Waals surface area contributed by atoms with Gasteiger partial charge >= 0.3 is 0 Å². The number of sulfonamides is 1. The van der Waals surface area contributed by atoms with Crippen LogP contribution < -0.4 is 10.5 Å². The average Bonchev–Trinajstić information content (AvgIpc) is 2.34. The summed E-state index contributed by atoms with van der Waals surface area (Å²) in [6.07, 6.45) is 2.31. The third kappa shape index (κ3) is 3.76. The van der Waals surface area contributed by atoms with E-state index in [2.05, 4.69) is 31.1 Å². The number of hydrogen-bond acceptors (Lipinski definition) is 4. The Kier molecular flexibility index (Phi) is 5.25. The van der Waals surface area contributed by atoms with E-state index in [1.807, 2.05) is 0 Å². The highest BCUT2D eigenvalue weighted by atomic mass is 32.2. The molecular weight excluding hydrogens is 250 g/mol. The minimum atomic E-state index is -3.66. The van der Waals surface area contributed by atoms with Gasteiger partial charge in [-0.15, -0.1) is 0 Å². The number of nitrogens with one attached hydrogen (secondary N) is 1. The summed E-state index contributed by atoms with van der Waals surface area (Å²) in [5.41, 5.74) is 0.871. The predicted octanol–water partition coefficient (Wildman–Crippen LogP) is 1.22. The molecule has 0 saturated carbocycles. The quantitative estimate of drug-likeness (QED) is 0.814. The van der Waals surface area contributed by atoms with Crippen LogP contribution in [0.15, 0.2) is 23.2 Å².